The van der Waals surface area contributed by atoms with Crippen molar-refractivity contribution in [3.05, 3.63) is 16.1 Å². The van der Waals surface area contributed by atoms with E-state index < -0.39 is 0 Å². The van der Waals surface area contributed by atoms with Gasteiger partial charge in [-0.3, -0.25) is 0 Å². The number of hydrogen-bond donors (Lipinski definition) is 1. The van der Waals surface area contributed by atoms with Crippen LogP contribution < -0.4 is 5.32 Å². The van der Waals surface area contributed by atoms with E-state index in [1.807, 2.05) is 6.20 Å². The van der Waals surface area contributed by atoms with E-state index in [4.69, 9.17) is 4.74 Å². The van der Waals surface area contributed by atoms with Gasteiger partial charge in [0.25, 0.3) is 0 Å². The van der Waals surface area contributed by atoms with Gasteiger partial charge in [0.05, 0.1) is 11.6 Å². The Morgan fingerprint density at radius 3 is 2.50 bits per heavy atom. The van der Waals surface area contributed by atoms with Crippen LogP contribution in [-0.4, -0.2) is 24.2 Å². The molecule has 3 nitrogen and oxygen atoms in total. The number of ether oxygens (including phenoxy) is 1. The van der Waals surface area contributed by atoms with Gasteiger partial charge < -0.3 is 10.1 Å². The minimum Gasteiger partial charge on any atom is -0.380 e. The van der Waals surface area contributed by atoms with Crippen LogP contribution in [0.4, 0.5) is 0 Å². The maximum absolute atomic E-state index is 5.32. The van der Waals surface area contributed by atoms with Crippen molar-refractivity contribution < 1.29 is 4.74 Å². The zero-order chi connectivity index (χ0) is 12.3. The summed E-state index contributed by atoms with van der Waals surface area (Å²) in [6.07, 6.45) is 2.12. The number of rotatable bonds is 5. The molecule has 92 valence electrons. The van der Waals surface area contributed by atoms with Crippen molar-refractivity contribution >= 4 is 11.3 Å². The molecule has 0 amide bonds. The van der Waals surface area contributed by atoms with Crippen LogP contribution in [0.15, 0.2) is 6.20 Å². The first-order chi connectivity index (χ1) is 7.36. The molecule has 0 bridgehead atoms. The van der Waals surface area contributed by atoms with E-state index in [0.717, 1.165) is 5.01 Å². The van der Waals surface area contributed by atoms with Gasteiger partial charge in [0.1, 0.15) is 5.01 Å². The molecule has 1 aromatic heterocycles. The molecule has 1 heterocycles. The molecule has 1 rings (SSSR count). The Labute approximate surface area is 102 Å². The Morgan fingerprint density at radius 2 is 2.06 bits per heavy atom. The number of hydrogen-bond acceptors (Lipinski definition) is 4. The number of thiazole rings is 1. The third kappa shape index (κ3) is 3.27. The van der Waals surface area contributed by atoms with Crippen LogP contribution in [0.25, 0.3) is 0 Å². The molecule has 0 aliphatic carbocycles. The summed E-state index contributed by atoms with van der Waals surface area (Å²) in [5.74, 6) is 0. The summed E-state index contributed by atoms with van der Waals surface area (Å²) >= 11 is 1.74. The Bertz CT molecular complexity index is 336. The molecule has 0 radical (unpaired) electrons. The van der Waals surface area contributed by atoms with Gasteiger partial charge in [-0.1, -0.05) is 0 Å². The summed E-state index contributed by atoms with van der Waals surface area (Å²) in [6, 6.07) is 0.296. The second-order valence-electron chi connectivity index (χ2n) is 4.77. The third-order valence-corrected chi connectivity index (χ3v) is 4.06. The molecule has 16 heavy (non-hydrogen) atoms. The quantitative estimate of drug-likeness (QED) is 0.862. The fraction of sp³-hybridized carbons (Fsp3) is 0.750. The molecule has 1 N–H and O–H groups in total. The molecular formula is C12H22N2OS. The van der Waals surface area contributed by atoms with Crippen LogP contribution in [0.1, 0.15) is 37.6 Å². The van der Waals surface area contributed by atoms with Crippen molar-refractivity contribution in [3.63, 3.8) is 0 Å². The molecule has 0 aliphatic heterocycles. The Kier molecular flexibility index (Phi) is 4.47. The lowest BCUT2D eigenvalue weighted by molar-refractivity contribution is 0.0776. The Hall–Kier alpha value is -0.450. The Balaban J connectivity index is 2.71. The summed E-state index contributed by atoms with van der Waals surface area (Å²) in [6.45, 7) is 10.6. The highest BCUT2D eigenvalue weighted by molar-refractivity contribution is 7.11. The number of aryl methyl sites for hydroxylation is 1. The van der Waals surface area contributed by atoms with Gasteiger partial charge in [-0.2, -0.15) is 0 Å². The van der Waals surface area contributed by atoms with Crippen LogP contribution >= 0.6 is 11.3 Å². The lowest BCUT2D eigenvalue weighted by Crippen LogP contribution is -2.47. The van der Waals surface area contributed by atoms with E-state index >= 15 is 0 Å². The van der Waals surface area contributed by atoms with Crippen LogP contribution in [0, 0.1) is 6.92 Å². The van der Waals surface area contributed by atoms with E-state index in [1.165, 1.54) is 4.88 Å². The van der Waals surface area contributed by atoms with Crippen LogP contribution in [0.5, 0.6) is 0 Å². The number of nitrogens with zero attached hydrogens (tertiary/aromatic N) is 1. The first kappa shape index (κ1) is 13.6. The highest BCUT2D eigenvalue weighted by atomic mass is 32.1. The fourth-order valence-corrected chi connectivity index (χ4v) is 2.43. The molecule has 0 aliphatic rings. The summed E-state index contributed by atoms with van der Waals surface area (Å²) < 4.78 is 5.32. The lowest BCUT2D eigenvalue weighted by atomic mass is 10.0. The van der Waals surface area contributed by atoms with E-state index in [-0.39, 0.29) is 11.6 Å². The van der Waals surface area contributed by atoms with Crippen molar-refractivity contribution in [2.24, 2.45) is 0 Å². The molecular weight excluding hydrogens is 220 g/mol. The normalized spacial score (nSPS) is 16.1. The van der Waals surface area contributed by atoms with Gasteiger partial charge in [0, 0.05) is 24.2 Å². The molecule has 2 atom stereocenters. The van der Waals surface area contributed by atoms with Crippen molar-refractivity contribution in [2.75, 3.05) is 7.11 Å². The minimum atomic E-state index is -0.106. The minimum absolute atomic E-state index is 0.106. The standard InChI is InChI=1S/C12H22N2OS/c1-8-7-13-11(16-8)12(4,5)14-9(2)10(3)15-6/h7,9-10,14H,1-6H3. The first-order valence-corrected chi connectivity index (χ1v) is 6.42. The molecule has 1 aromatic rings. The second kappa shape index (κ2) is 5.25. The zero-order valence-electron chi connectivity index (χ0n) is 11.0. The molecule has 0 aromatic carbocycles. The Morgan fingerprint density at radius 1 is 1.44 bits per heavy atom. The smallest absolute Gasteiger partial charge is 0.112 e. The van der Waals surface area contributed by atoms with Crippen molar-refractivity contribution in [2.45, 2.75) is 52.3 Å². The number of methoxy groups -OCH3 is 1. The van der Waals surface area contributed by atoms with Crippen LogP contribution in [0.3, 0.4) is 0 Å². The summed E-state index contributed by atoms with van der Waals surface area (Å²) in [7, 11) is 1.74. The van der Waals surface area contributed by atoms with E-state index in [1.54, 1.807) is 18.4 Å². The predicted molar refractivity (Wildman–Crippen MR) is 68.9 cm³/mol. The SMILES string of the molecule is COC(C)C(C)NC(C)(C)c1ncc(C)s1. The van der Waals surface area contributed by atoms with Gasteiger partial charge in [-0.05, 0) is 34.6 Å². The highest BCUT2D eigenvalue weighted by Crippen LogP contribution is 2.25. The third-order valence-electron chi connectivity index (χ3n) is 2.82. The average Bonchev–Trinajstić information content (AvgIpc) is 2.63. The topological polar surface area (TPSA) is 34.1 Å². The molecule has 0 saturated carbocycles. The average molecular weight is 242 g/mol. The van der Waals surface area contributed by atoms with Crippen LogP contribution in [0.2, 0.25) is 0 Å². The van der Waals surface area contributed by atoms with Crippen molar-refractivity contribution in [1.82, 2.24) is 10.3 Å². The van der Waals surface area contributed by atoms with Gasteiger partial charge in [-0.15, -0.1) is 11.3 Å². The van der Waals surface area contributed by atoms with Crippen molar-refractivity contribution in [3.8, 4) is 0 Å². The van der Waals surface area contributed by atoms with Gasteiger partial charge in [0.15, 0.2) is 0 Å². The monoisotopic (exact) mass is 242 g/mol. The van der Waals surface area contributed by atoms with Crippen LogP contribution in [-0.2, 0) is 10.3 Å². The highest BCUT2D eigenvalue weighted by Gasteiger charge is 2.27. The molecule has 2 unspecified atom stereocenters. The van der Waals surface area contributed by atoms with Gasteiger partial charge >= 0.3 is 0 Å². The predicted octanol–water partition coefficient (Wildman–Crippen LogP) is 2.70. The molecule has 4 heteroatoms. The number of nitrogens with one attached hydrogen (secondary N) is 1. The van der Waals surface area contributed by atoms with Crippen molar-refractivity contribution in [1.29, 1.82) is 0 Å². The fourth-order valence-electron chi connectivity index (χ4n) is 1.60. The maximum atomic E-state index is 5.32. The van der Waals surface area contributed by atoms with Gasteiger partial charge in [0.2, 0.25) is 0 Å². The maximum Gasteiger partial charge on any atom is 0.112 e. The first-order valence-electron chi connectivity index (χ1n) is 5.60. The van der Waals surface area contributed by atoms with E-state index in [2.05, 4.69) is 44.9 Å². The summed E-state index contributed by atoms with van der Waals surface area (Å²) in [5.41, 5.74) is -0.106. The lowest BCUT2D eigenvalue weighted by Gasteiger charge is -2.31. The summed E-state index contributed by atoms with van der Waals surface area (Å²) in [5, 5.41) is 4.68. The van der Waals surface area contributed by atoms with Gasteiger partial charge in [-0.25, -0.2) is 4.98 Å². The van der Waals surface area contributed by atoms with E-state index in [0.29, 0.717) is 6.04 Å². The molecule has 0 fully saturated rings. The molecule has 0 spiro atoms. The zero-order valence-corrected chi connectivity index (χ0v) is 11.8. The second-order valence-corrected chi connectivity index (χ2v) is 6.01. The number of aromatic nitrogens is 1. The largest absolute Gasteiger partial charge is 0.380 e. The van der Waals surface area contributed by atoms with E-state index in [9.17, 15) is 0 Å². The molecule has 0 saturated heterocycles. The summed E-state index contributed by atoms with van der Waals surface area (Å²) in [4.78, 5) is 5.69.